The van der Waals surface area contributed by atoms with Crippen molar-refractivity contribution >= 4 is 21.6 Å². The van der Waals surface area contributed by atoms with Gasteiger partial charge in [-0.1, -0.05) is 29.8 Å². The molecule has 31 heavy (non-hydrogen) atoms. The lowest BCUT2D eigenvalue weighted by Crippen LogP contribution is -2.20. The Hall–Kier alpha value is -2.97. The zero-order chi connectivity index (χ0) is 22.8. The number of aromatic nitrogens is 1. The number of rotatable bonds is 7. The van der Waals surface area contributed by atoms with E-state index in [0.717, 1.165) is 5.56 Å². The number of nitrogens with one attached hydrogen (secondary N) is 1. The molecule has 1 heterocycles. The van der Waals surface area contributed by atoms with E-state index in [1.54, 1.807) is 36.6 Å². The van der Waals surface area contributed by atoms with E-state index in [-0.39, 0.29) is 21.2 Å². The molecule has 8 heteroatoms. The quantitative estimate of drug-likeness (QED) is 0.590. The SMILES string of the molecule is COCCn1c(C)c(C)c(S(=O)(=O)c2ccc(C)cc2)c1NC(=O)c1ccccc1F. The molecule has 0 spiro atoms. The van der Waals surface area contributed by atoms with Gasteiger partial charge in [-0.05, 0) is 50.6 Å². The van der Waals surface area contributed by atoms with E-state index in [1.807, 2.05) is 6.92 Å². The Labute approximate surface area is 181 Å². The largest absolute Gasteiger partial charge is 0.383 e. The predicted molar refractivity (Wildman–Crippen MR) is 117 cm³/mol. The van der Waals surface area contributed by atoms with E-state index < -0.39 is 21.6 Å². The van der Waals surface area contributed by atoms with Gasteiger partial charge >= 0.3 is 0 Å². The minimum absolute atomic E-state index is 0.00496. The summed E-state index contributed by atoms with van der Waals surface area (Å²) >= 11 is 0. The summed E-state index contributed by atoms with van der Waals surface area (Å²) in [7, 11) is -2.42. The van der Waals surface area contributed by atoms with Crippen LogP contribution in [0.1, 0.15) is 27.2 Å². The molecule has 0 atom stereocenters. The van der Waals surface area contributed by atoms with Gasteiger partial charge in [0.25, 0.3) is 5.91 Å². The fourth-order valence-corrected chi connectivity index (χ4v) is 5.10. The van der Waals surface area contributed by atoms with Gasteiger partial charge in [-0.3, -0.25) is 4.79 Å². The standard InChI is InChI=1S/C23H25FN2O4S/c1-15-9-11-18(12-10-15)31(28,29)21-16(2)17(3)26(13-14-30-4)22(21)25-23(27)19-7-5-6-8-20(19)24/h5-12H,13-14H2,1-4H3,(H,25,27). The van der Waals surface area contributed by atoms with Crippen LogP contribution >= 0.6 is 0 Å². The van der Waals surface area contributed by atoms with Gasteiger partial charge in [0.1, 0.15) is 16.5 Å². The molecular formula is C23H25FN2O4S. The summed E-state index contributed by atoms with van der Waals surface area (Å²) in [5.41, 5.74) is 1.95. The fourth-order valence-electron chi connectivity index (χ4n) is 3.41. The van der Waals surface area contributed by atoms with Gasteiger partial charge in [0.05, 0.1) is 17.1 Å². The summed E-state index contributed by atoms with van der Waals surface area (Å²) in [6.07, 6.45) is 0. The lowest BCUT2D eigenvalue weighted by molar-refractivity contribution is 0.102. The molecule has 0 saturated carbocycles. The van der Waals surface area contributed by atoms with Crippen molar-refractivity contribution in [2.75, 3.05) is 19.0 Å². The van der Waals surface area contributed by atoms with Crippen LogP contribution in [0.4, 0.5) is 10.2 Å². The van der Waals surface area contributed by atoms with Crippen LogP contribution < -0.4 is 5.32 Å². The highest BCUT2D eigenvalue weighted by Gasteiger charge is 2.31. The normalized spacial score (nSPS) is 11.5. The van der Waals surface area contributed by atoms with Crippen molar-refractivity contribution in [3.05, 3.63) is 76.7 Å². The van der Waals surface area contributed by atoms with Crippen LogP contribution in [0.15, 0.2) is 58.3 Å². The third-order valence-corrected chi connectivity index (χ3v) is 7.17. The summed E-state index contributed by atoms with van der Waals surface area (Å²) in [6.45, 7) is 5.96. The monoisotopic (exact) mass is 444 g/mol. The second kappa shape index (κ2) is 9.03. The molecule has 0 unspecified atom stereocenters. The molecule has 1 amide bonds. The molecule has 0 bridgehead atoms. The molecule has 0 aliphatic heterocycles. The average Bonchev–Trinajstić information content (AvgIpc) is 2.97. The number of sulfone groups is 1. The van der Waals surface area contributed by atoms with Crippen LogP contribution in [-0.4, -0.2) is 32.6 Å². The number of carbonyl (C=O) groups is 1. The molecule has 1 aromatic heterocycles. The maximum Gasteiger partial charge on any atom is 0.259 e. The Bertz CT molecular complexity index is 1220. The summed E-state index contributed by atoms with van der Waals surface area (Å²) in [6, 6.07) is 12.1. The number of halogens is 1. The number of benzene rings is 2. The molecule has 2 aromatic carbocycles. The van der Waals surface area contributed by atoms with Gasteiger partial charge in [-0.2, -0.15) is 0 Å². The van der Waals surface area contributed by atoms with Crippen LogP contribution in [0, 0.1) is 26.6 Å². The molecule has 1 N–H and O–H groups in total. The first-order chi connectivity index (χ1) is 14.7. The molecule has 0 radical (unpaired) electrons. The second-order valence-electron chi connectivity index (χ2n) is 7.28. The number of hydrogen-bond donors (Lipinski definition) is 1. The minimum Gasteiger partial charge on any atom is -0.383 e. The molecular weight excluding hydrogens is 419 g/mol. The highest BCUT2D eigenvalue weighted by molar-refractivity contribution is 7.91. The van der Waals surface area contributed by atoms with Crippen LogP contribution in [0.2, 0.25) is 0 Å². The van der Waals surface area contributed by atoms with E-state index >= 15 is 0 Å². The van der Waals surface area contributed by atoms with Crippen LogP contribution in [0.3, 0.4) is 0 Å². The van der Waals surface area contributed by atoms with E-state index in [1.165, 1.54) is 37.4 Å². The van der Waals surface area contributed by atoms with E-state index in [9.17, 15) is 17.6 Å². The predicted octanol–water partition coefficient (Wildman–Crippen LogP) is 4.28. The second-order valence-corrected chi connectivity index (χ2v) is 9.17. The van der Waals surface area contributed by atoms with Crippen molar-refractivity contribution in [1.29, 1.82) is 0 Å². The number of anilines is 1. The highest BCUT2D eigenvalue weighted by Crippen LogP contribution is 2.35. The fraction of sp³-hybridized carbons (Fsp3) is 0.261. The summed E-state index contributed by atoms with van der Waals surface area (Å²) < 4.78 is 48.1. The van der Waals surface area contributed by atoms with Gasteiger partial charge in [0.2, 0.25) is 9.84 Å². The van der Waals surface area contributed by atoms with Gasteiger partial charge in [-0.25, -0.2) is 12.8 Å². The Morgan fingerprint density at radius 1 is 1.06 bits per heavy atom. The van der Waals surface area contributed by atoms with Crippen molar-refractivity contribution in [2.45, 2.75) is 37.1 Å². The summed E-state index contributed by atoms with van der Waals surface area (Å²) in [4.78, 5) is 13.0. The Morgan fingerprint density at radius 3 is 2.32 bits per heavy atom. The van der Waals surface area contributed by atoms with E-state index in [0.29, 0.717) is 24.4 Å². The number of nitrogens with zero attached hydrogens (tertiary/aromatic N) is 1. The number of ether oxygens (including phenoxy) is 1. The van der Waals surface area contributed by atoms with E-state index in [2.05, 4.69) is 5.32 Å². The maximum atomic E-state index is 14.2. The van der Waals surface area contributed by atoms with Crippen molar-refractivity contribution in [3.8, 4) is 0 Å². The lowest BCUT2D eigenvalue weighted by Gasteiger charge is -2.14. The Morgan fingerprint density at radius 2 is 1.71 bits per heavy atom. The summed E-state index contributed by atoms with van der Waals surface area (Å²) in [5.74, 6) is -1.32. The van der Waals surface area contributed by atoms with Gasteiger partial charge in [0.15, 0.2) is 0 Å². The first-order valence-electron chi connectivity index (χ1n) is 9.74. The molecule has 164 valence electrons. The first-order valence-corrected chi connectivity index (χ1v) is 11.2. The van der Waals surface area contributed by atoms with Crippen LogP contribution in [0.25, 0.3) is 0 Å². The third kappa shape index (κ3) is 4.40. The van der Waals surface area contributed by atoms with Gasteiger partial charge in [-0.15, -0.1) is 0 Å². The number of hydrogen-bond acceptors (Lipinski definition) is 4. The topological polar surface area (TPSA) is 77.4 Å². The minimum atomic E-state index is -3.95. The maximum absolute atomic E-state index is 14.2. The number of aryl methyl sites for hydroxylation is 1. The zero-order valence-corrected chi connectivity index (χ0v) is 18.7. The lowest BCUT2D eigenvalue weighted by atomic mass is 10.2. The molecule has 0 aliphatic carbocycles. The van der Waals surface area contributed by atoms with Crippen LogP contribution in [0.5, 0.6) is 0 Å². The molecule has 6 nitrogen and oxygen atoms in total. The third-order valence-electron chi connectivity index (χ3n) is 5.24. The highest BCUT2D eigenvalue weighted by atomic mass is 32.2. The number of carbonyl (C=O) groups excluding carboxylic acids is 1. The first kappa shape index (κ1) is 22.7. The zero-order valence-electron chi connectivity index (χ0n) is 17.9. The van der Waals surface area contributed by atoms with Crippen molar-refractivity contribution in [3.63, 3.8) is 0 Å². The van der Waals surface area contributed by atoms with E-state index in [4.69, 9.17) is 4.74 Å². The Kier molecular flexibility index (Phi) is 6.62. The number of amides is 1. The van der Waals surface area contributed by atoms with Crippen molar-refractivity contribution in [2.24, 2.45) is 0 Å². The van der Waals surface area contributed by atoms with Crippen molar-refractivity contribution < 1.29 is 22.3 Å². The number of methoxy groups -OCH3 is 1. The molecule has 3 rings (SSSR count). The molecule has 0 fully saturated rings. The molecule has 0 saturated heterocycles. The summed E-state index contributed by atoms with van der Waals surface area (Å²) in [5, 5.41) is 2.64. The van der Waals surface area contributed by atoms with Gasteiger partial charge < -0.3 is 14.6 Å². The van der Waals surface area contributed by atoms with Crippen LogP contribution in [-0.2, 0) is 21.1 Å². The average molecular weight is 445 g/mol. The smallest absolute Gasteiger partial charge is 0.259 e. The molecule has 0 aliphatic rings. The van der Waals surface area contributed by atoms with Gasteiger partial charge in [0, 0.05) is 19.3 Å². The molecule has 3 aromatic rings. The Balaban J connectivity index is 2.18. The van der Waals surface area contributed by atoms with Crippen molar-refractivity contribution in [1.82, 2.24) is 4.57 Å².